The predicted molar refractivity (Wildman–Crippen MR) is 475 cm³/mol. The van der Waals surface area contributed by atoms with Crippen LogP contribution in [-0.2, 0) is 163 Å². The van der Waals surface area contributed by atoms with Gasteiger partial charge in [0.1, 0.15) is 31.1 Å². The van der Waals surface area contributed by atoms with Gasteiger partial charge < -0.3 is 142 Å². The lowest BCUT2D eigenvalue weighted by atomic mass is 9.98. The average molecular weight is 2310 g/mol. The number of carbonyl (C=O) groups is 2. The Morgan fingerprint density at radius 3 is 0.921 bits per heavy atom. The third-order valence-corrected chi connectivity index (χ3v) is 38.8. The predicted octanol–water partition coefficient (Wildman–Crippen LogP) is 10.8. The average Bonchev–Trinajstić information content (AvgIpc) is 1.71. The topological polar surface area (TPSA) is 887 Å². The molecule has 0 spiro atoms. The Morgan fingerprint density at radius 2 is 0.621 bits per heavy atom. The van der Waals surface area contributed by atoms with E-state index in [2.05, 4.69) is 106 Å². The lowest BCUT2D eigenvalue weighted by Gasteiger charge is -2.35. The van der Waals surface area contributed by atoms with E-state index >= 15 is 0 Å². The fourth-order valence-electron chi connectivity index (χ4n) is 14.0. The third kappa shape index (κ3) is 44.8. The molecule has 2 amide bonds. The molecule has 5 saturated heterocycles. The summed E-state index contributed by atoms with van der Waals surface area (Å²) in [6, 6.07) is -0.474. The van der Waals surface area contributed by atoms with Gasteiger partial charge in [0.05, 0.1) is 70.0 Å². The summed E-state index contributed by atoms with van der Waals surface area (Å²) >= 11 is 0. The summed E-state index contributed by atoms with van der Waals surface area (Å²) in [6.07, 6.45) is 14.2. The molecular weight excluding hydrogens is 2200 g/mol. The molecule has 62 nitrogen and oxygen atoms in total. The highest BCUT2D eigenvalue weighted by atomic mass is 31.3. The largest absolute Gasteiger partial charge is 0.490 e. The van der Waals surface area contributed by atoms with Gasteiger partial charge in [0, 0.05) is 102 Å². The summed E-state index contributed by atoms with van der Waals surface area (Å²) in [5, 5.41) is 2.50. The van der Waals surface area contributed by atoms with Gasteiger partial charge in [-0.15, -0.1) is 0 Å². The lowest BCUT2D eigenvalue weighted by molar-refractivity contribution is -0.115. The number of nitrogens with one attached hydrogen (secondary N) is 1. The van der Waals surface area contributed by atoms with Gasteiger partial charge in [-0.3, -0.25) is 36.9 Å². The summed E-state index contributed by atoms with van der Waals surface area (Å²) in [7, 11) is -79.5. The number of carbonyl (C=O) groups excluding carboxylic acids is 2. The number of hydrogen-bond acceptors (Lipinski definition) is 41. The first kappa shape index (κ1) is 126. The normalized spacial score (nSPS) is 30.7. The number of ether oxygens (including phenoxy) is 5. The summed E-state index contributed by atoms with van der Waals surface area (Å²) in [4.78, 5) is 202. The number of phosphoric ester groups is 5. The van der Waals surface area contributed by atoms with Crippen LogP contribution in [0, 0.1) is 29.6 Å². The molecule has 77 heteroatoms. The van der Waals surface area contributed by atoms with Crippen molar-refractivity contribution in [2.45, 2.75) is 181 Å². The van der Waals surface area contributed by atoms with Gasteiger partial charge in [-0.05, 0) is 94.9 Å². The number of rotatable bonds is 40. The van der Waals surface area contributed by atoms with E-state index in [9.17, 15) is 107 Å². The summed E-state index contributed by atoms with van der Waals surface area (Å²) in [6.45, 7) is 34.9. The summed E-state index contributed by atoms with van der Waals surface area (Å²) in [5.41, 5.74) is 6.62. The maximum Gasteiger partial charge on any atom is 0.490 e. The number of hydrogen-bond donors (Lipinski definition) is 20. The number of urea groups is 1. The van der Waals surface area contributed by atoms with Crippen LogP contribution in [0.2, 0.25) is 0 Å². The molecule has 0 aliphatic carbocycles. The minimum atomic E-state index is -5.58. The van der Waals surface area contributed by atoms with E-state index in [0.29, 0.717) is 56.6 Å². The van der Waals surface area contributed by atoms with Gasteiger partial charge in [-0.25, -0.2) is 73.0 Å². The Bertz CT molecular complexity index is 5360. The molecule has 10 rings (SSSR count). The Morgan fingerprint density at radius 1 is 0.343 bits per heavy atom. The van der Waals surface area contributed by atoms with Crippen molar-refractivity contribution in [2.75, 3.05) is 39.7 Å². The minimum Gasteiger partial charge on any atom is -0.352 e. The van der Waals surface area contributed by atoms with E-state index < -0.39 is 199 Å². The quantitative estimate of drug-likeness (QED) is 0.0253. The minimum absolute atomic E-state index is 0.0300. The van der Waals surface area contributed by atoms with Gasteiger partial charge in [0.25, 0.3) is 0 Å². The monoisotopic (exact) mass is 2310 g/mol. The van der Waals surface area contributed by atoms with Crippen LogP contribution >= 0.6 is 117 Å². The van der Waals surface area contributed by atoms with Gasteiger partial charge in [0.15, 0.2) is 5.78 Å². The molecule has 804 valence electrons. The second-order valence-corrected chi connectivity index (χ2v) is 54.8. The maximum atomic E-state index is 12.0. The number of phosphoric acid groups is 14. The molecule has 140 heavy (non-hydrogen) atoms. The van der Waals surface area contributed by atoms with Crippen molar-refractivity contribution in [3.05, 3.63) is 134 Å². The molecule has 0 aromatic carbocycles. The Labute approximate surface area is 799 Å². The second-order valence-electron chi connectivity index (χ2n) is 32.1. The van der Waals surface area contributed by atoms with Crippen molar-refractivity contribution >= 4 is 129 Å². The SMILES string of the molecule is C=C1C=CN(C2OC(COP(=O)(O)OP(=O)(O)OP(=O)(O)O)CC2C)C(=O)N1.C=C1CC(=C)N(C2OC(COP(=O)(O)OP(=O)(O)OP(C)(=O)O)CC2C)C=C1C.C=C1CC(=O)C=CN1C1OC(COP(=O)(O)OP(=O)(O)OP(=O)(O)O)CC1C.C=C1CCC(C)=CN1C1OC(COP(=O)(O)OP(=O)(O)OP(=O)(O)O)CC1C.C=C1CCC=CN1C1OC(COP(=O)(O)OP(=O)(O)OP(=O)(O)O)CC1C. The van der Waals surface area contributed by atoms with Gasteiger partial charge in [-0.2, -0.15) is 38.8 Å². The highest BCUT2D eigenvalue weighted by Crippen LogP contribution is 2.71. The van der Waals surface area contributed by atoms with Crippen LogP contribution in [0.15, 0.2) is 134 Å². The number of ketones is 1. The van der Waals surface area contributed by atoms with Crippen LogP contribution in [0.4, 0.5) is 4.79 Å². The van der Waals surface area contributed by atoms with E-state index in [4.69, 9.17) is 91.8 Å². The van der Waals surface area contributed by atoms with Crippen molar-refractivity contribution in [2.24, 2.45) is 29.6 Å². The van der Waals surface area contributed by atoms with Crippen LogP contribution in [-0.4, -0.2) is 231 Å². The molecule has 20 N–H and O–H groups in total. The lowest BCUT2D eigenvalue weighted by Crippen LogP contribution is -2.46. The molecule has 0 bridgehead atoms. The van der Waals surface area contributed by atoms with Gasteiger partial charge in [-0.1, -0.05) is 85.7 Å². The first-order valence-corrected chi connectivity index (χ1v) is 63.1. The Hall–Kier alpha value is -2.83. The number of allylic oxidation sites excluding steroid dienone is 9. The molecule has 0 aromatic heterocycles. The highest BCUT2D eigenvalue weighted by Gasteiger charge is 2.51. The van der Waals surface area contributed by atoms with Crippen molar-refractivity contribution in [1.82, 2.24) is 29.8 Å². The van der Waals surface area contributed by atoms with Crippen molar-refractivity contribution in [1.29, 1.82) is 0 Å². The second kappa shape index (κ2) is 50.4. The zero-order valence-corrected chi connectivity index (χ0v) is 88.3. The van der Waals surface area contributed by atoms with Crippen LogP contribution in [0.1, 0.15) is 119 Å². The van der Waals surface area contributed by atoms with Crippen LogP contribution < -0.4 is 5.32 Å². The highest BCUT2D eigenvalue weighted by molar-refractivity contribution is 7.69. The fraction of sp³-hybridized carbons (Fsp3) is 0.619. The molecule has 10 heterocycles. The van der Waals surface area contributed by atoms with E-state index in [0.717, 1.165) is 53.9 Å². The molecule has 0 saturated carbocycles. The van der Waals surface area contributed by atoms with Crippen molar-refractivity contribution in [3.63, 3.8) is 0 Å². The van der Waals surface area contributed by atoms with Crippen LogP contribution in [0.25, 0.3) is 0 Å². The Kier molecular flexibility index (Phi) is 45.3. The van der Waals surface area contributed by atoms with Gasteiger partial charge >= 0.3 is 123 Å². The Balaban J connectivity index is 0.000000268. The summed E-state index contributed by atoms with van der Waals surface area (Å²) < 4.78 is 258. The number of nitrogens with zero attached hydrogens (tertiary/aromatic N) is 5. The zero-order valence-electron chi connectivity index (χ0n) is 74.9. The fourth-order valence-corrected chi connectivity index (χ4v) is 29.7. The van der Waals surface area contributed by atoms with E-state index in [1.165, 1.54) is 28.9 Å². The van der Waals surface area contributed by atoms with Crippen molar-refractivity contribution < 1.29 is 260 Å². The number of amides is 2. The van der Waals surface area contributed by atoms with Crippen LogP contribution in [0.3, 0.4) is 0 Å². The molecule has 26 atom stereocenters. The molecule has 0 aromatic rings. The van der Waals surface area contributed by atoms with Crippen molar-refractivity contribution in [3.8, 4) is 0 Å². The molecule has 5 fully saturated rings. The van der Waals surface area contributed by atoms with E-state index in [1.54, 1.807) is 17.9 Å². The standard InChI is InChI=1S/C15H26NO10P3.C13H24NO11P3.C12H20NO12P3.C12H22NO11P3.C11H19N2O12P3/c1-10-6-13(4)16(8-12(10)3)15-11(2)7-14(24-15)9-23-28(19,20)26-29(21,22)25-27(5,17)18;1-9-4-5-11(3)14(7-9)13-10(2)6-12(23-13)8-22-27(18,19)25-28(20,21)24-26(15,16)17;1-8-5-11(23-12(8)13-4-3-10(14)6-9(13)2)7-22-27(18,19)25-28(20,21)24-26(15,16)17;1-9-7-11(22-12(9)13-6-4-3-5-10(13)2)8-21-26(17,18)24-27(19,20)23-25(14,15)16;1-7-5-9(23-10(7)13-4-3-8(2)12-11(13)14)6-22-27(18,19)25-28(20,21)24-26(15,16)17/h8,11,14-15H,1,4,6-7,9H2,2-3,5H3,(H,17,18)(H,19,20)(H,21,22);7,10,12-13H,3-6,8H2,1-2H3,(H,18,19)(H,20,21)(H2,15,16,17);3-4,8,11-12H,2,5-7H2,1H3,(H,18,19)(H,20,21)(H2,15,16,17);4,6,9,11-12H,2-3,5,7-8H2,1H3,(H,17,18)(H,19,20)(H2,14,15,16);3-4,7,9-10H,2,5-6H2,1H3,(H,12,14)(H,18,19)(H,20,21)(H2,15,16,17). The third-order valence-electron chi connectivity index (χ3n) is 19.4. The molecule has 26 unspecified atom stereocenters. The molecule has 0 radical (unpaired) electrons. The molecule has 10 aliphatic heterocycles. The smallest absolute Gasteiger partial charge is 0.352 e. The first-order chi connectivity index (χ1) is 63.4. The van der Waals surface area contributed by atoms with Crippen LogP contribution in [0.5, 0.6) is 0 Å². The van der Waals surface area contributed by atoms with Gasteiger partial charge in [0.2, 0.25) is 0 Å². The first-order valence-electron chi connectivity index (χ1n) is 40.0. The molecular formula is C63H111N6O56P15. The van der Waals surface area contributed by atoms with E-state index in [-0.39, 0.29) is 60.5 Å². The molecule has 10 aliphatic rings. The summed E-state index contributed by atoms with van der Waals surface area (Å²) in [5.74, 6) is -0.272. The van der Waals surface area contributed by atoms with E-state index in [1.807, 2.05) is 80.9 Å². The maximum absolute atomic E-state index is 12.0. The zero-order chi connectivity index (χ0) is 107.